The summed E-state index contributed by atoms with van der Waals surface area (Å²) in [6.45, 7) is 3.46. The molecule has 0 aliphatic heterocycles. The van der Waals surface area contributed by atoms with Crippen molar-refractivity contribution in [3.8, 4) is 5.69 Å². The highest BCUT2D eigenvalue weighted by Crippen LogP contribution is 2.27. The van der Waals surface area contributed by atoms with E-state index in [2.05, 4.69) is 20.9 Å². The van der Waals surface area contributed by atoms with Gasteiger partial charge < -0.3 is 9.67 Å². The third kappa shape index (κ3) is 3.04. The lowest BCUT2D eigenvalue weighted by molar-refractivity contribution is -0.146. The van der Waals surface area contributed by atoms with Gasteiger partial charge in [-0.3, -0.25) is 4.79 Å². The second-order valence-electron chi connectivity index (χ2n) is 5.12. The SMILES string of the molecule is CC(C)(Cc1ccc(-n2ccnc2)c(Br)c1)C(=O)O. The summed E-state index contributed by atoms with van der Waals surface area (Å²) in [7, 11) is 0. The van der Waals surface area contributed by atoms with Crippen molar-refractivity contribution < 1.29 is 9.90 Å². The highest BCUT2D eigenvalue weighted by Gasteiger charge is 2.27. The first kappa shape index (κ1) is 13.8. The Morgan fingerprint density at radius 3 is 2.74 bits per heavy atom. The molecule has 0 saturated heterocycles. The average molecular weight is 323 g/mol. The normalized spacial score (nSPS) is 11.5. The summed E-state index contributed by atoms with van der Waals surface area (Å²) in [6.07, 6.45) is 5.79. The van der Waals surface area contributed by atoms with E-state index in [0.717, 1.165) is 15.7 Å². The number of halogens is 1. The monoisotopic (exact) mass is 322 g/mol. The molecule has 19 heavy (non-hydrogen) atoms. The number of imidazole rings is 1. The lowest BCUT2D eigenvalue weighted by Gasteiger charge is -2.19. The molecule has 0 atom stereocenters. The van der Waals surface area contributed by atoms with Crippen LogP contribution in [0.4, 0.5) is 0 Å². The summed E-state index contributed by atoms with van der Waals surface area (Å²) in [5.41, 5.74) is 1.20. The molecule has 1 N–H and O–H groups in total. The van der Waals surface area contributed by atoms with E-state index in [1.165, 1.54) is 0 Å². The van der Waals surface area contributed by atoms with Crippen molar-refractivity contribution in [1.82, 2.24) is 9.55 Å². The predicted octanol–water partition coefficient (Wildman–Crippen LogP) is 3.29. The van der Waals surface area contributed by atoms with Gasteiger partial charge >= 0.3 is 5.97 Å². The van der Waals surface area contributed by atoms with Gasteiger partial charge in [-0.2, -0.15) is 0 Å². The topological polar surface area (TPSA) is 55.1 Å². The van der Waals surface area contributed by atoms with Gasteiger partial charge in [0.2, 0.25) is 0 Å². The smallest absolute Gasteiger partial charge is 0.309 e. The number of hydrogen-bond donors (Lipinski definition) is 1. The predicted molar refractivity (Wildman–Crippen MR) is 76.4 cm³/mol. The first-order chi connectivity index (χ1) is 8.90. The van der Waals surface area contributed by atoms with Gasteiger partial charge in [-0.15, -0.1) is 0 Å². The molecule has 0 bridgehead atoms. The fourth-order valence-electron chi connectivity index (χ4n) is 1.86. The van der Waals surface area contributed by atoms with E-state index in [4.69, 9.17) is 5.11 Å². The molecule has 2 aromatic rings. The number of carbonyl (C=O) groups is 1. The van der Waals surface area contributed by atoms with E-state index in [1.807, 2.05) is 29.0 Å². The zero-order valence-electron chi connectivity index (χ0n) is 10.8. The Bertz CT molecular complexity index is 591. The quantitative estimate of drug-likeness (QED) is 0.939. The van der Waals surface area contributed by atoms with Crippen molar-refractivity contribution in [2.24, 2.45) is 5.41 Å². The molecule has 4 nitrogen and oxygen atoms in total. The third-order valence-electron chi connectivity index (χ3n) is 3.02. The Morgan fingerprint density at radius 2 is 2.21 bits per heavy atom. The first-order valence-corrected chi connectivity index (χ1v) is 6.69. The van der Waals surface area contributed by atoms with Crippen LogP contribution in [-0.2, 0) is 11.2 Å². The highest BCUT2D eigenvalue weighted by atomic mass is 79.9. The van der Waals surface area contributed by atoms with Crippen molar-refractivity contribution in [3.05, 3.63) is 47.0 Å². The zero-order chi connectivity index (χ0) is 14.0. The zero-order valence-corrected chi connectivity index (χ0v) is 12.4. The molecule has 0 aliphatic carbocycles. The van der Waals surface area contributed by atoms with Crippen molar-refractivity contribution in [2.75, 3.05) is 0 Å². The summed E-state index contributed by atoms with van der Waals surface area (Å²) < 4.78 is 2.82. The fraction of sp³-hybridized carbons (Fsp3) is 0.286. The number of carboxylic acids is 1. The van der Waals surface area contributed by atoms with Crippen molar-refractivity contribution in [3.63, 3.8) is 0 Å². The molecule has 0 aliphatic rings. The number of aliphatic carboxylic acids is 1. The molecule has 0 saturated carbocycles. The molecule has 0 amide bonds. The van der Waals surface area contributed by atoms with Crippen LogP contribution in [0.2, 0.25) is 0 Å². The summed E-state index contributed by atoms with van der Waals surface area (Å²) in [4.78, 5) is 15.1. The maximum absolute atomic E-state index is 11.1. The maximum Gasteiger partial charge on any atom is 0.309 e. The van der Waals surface area contributed by atoms with Crippen LogP contribution in [0, 0.1) is 5.41 Å². The lowest BCUT2D eigenvalue weighted by Crippen LogP contribution is -2.26. The second-order valence-corrected chi connectivity index (χ2v) is 5.98. The van der Waals surface area contributed by atoms with Crippen LogP contribution in [0.5, 0.6) is 0 Å². The van der Waals surface area contributed by atoms with E-state index in [9.17, 15) is 4.79 Å². The van der Waals surface area contributed by atoms with Crippen LogP contribution in [0.3, 0.4) is 0 Å². The first-order valence-electron chi connectivity index (χ1n) is 5.90. The van der Waals surface area contributed by atoms with E-state index in [1.54, 1.807) is 26.4 Å². The Hall–Kier alpha value is -1.62. The number of hydrogen-bond acceptors (Lipinski definition) is 2. The van der Waals surface area contributed by atoms with E-state index >= 15 is 0 Å². The fourth-order valence-corrected chi connectivity index (χ4v) is 2.49. The highest BCUT2D eigenvalue weighted by molar-refractivity contribution is 9.10. The summed E-state index contributed by atoms with van der Waals surface area (Å²) in [5.74, 6) is -0.790. The average Bonchev–Trinajstić information content (AvgIpc) is 2.81. The minimum atomic E-state index is -0.790. The van der Waals surface area contributed by atoms with Crippen LogP contribution in [0.15, 0.2) is 41.4 Å². The van der Waals surface area contributed by atoms with E-state index in [0.29, 0.717) is 6.42 Å². The van der Waals surface area contributed by atoms with Crippen LogP contribution >= 0.6 is 15.9 Å². The number of carboxylic acid groups (broad SMARTS) is 1. The van der Waals surface area contributed by atoms with Crippen LogP contribution in [0.25, 0.3) is 5.69 Å². The van der Waals surface area contributed by atoms with Gasteiger partial charge in [0.25, 0.3) is 0 Å². The molecule has 0 spiro atoms. The molecular formula is C14H15BrN2O2. The van der Waals surface area contributed by atoms with Gasteiger partial charge in [0.15, 0.2) is 0 Å². The second kappa shape index (κ2) is 5.17. The maximum atomic E-state index is 11.1. The number of rotatable bonds is 4. The molecule has 1 aromatic heterocycles. The molecule has 1 heterocycles. The third-order valence-corrected chi connectivity index (χ3v) is 3.65. The summed E-state index contributed by atoms with van der Waals surface area (Å²) in [5, 5.41) is 9.15. The molecular weight excluding hydrogens is 308 g/mol. The number of aromatic nitrogens is 2. The van der Waals surface area contributed by atoms with E-state index in [-0.39, 0.29) is 0 Å². The van der Waals surface area contributed by atoms with Crippen LogP contribution < -0.4 is 0 Å². The molecule has 0 unspecified atom stereocenters. The Morgan fingerprint density at radius 1 is 1.47 bits per heavy atom. The number of benzene rings is 1. The van der Waals surface area contributed by atoms with Crippen molar-refractivity contribution >= 4 is 21.9 Å². The minimum Gasteiger partial charge on any atom is -0.481 e. The Labute approximate surface area is 120 Å². The van der Waals surface area contributed by atoms with E-state index < -0.39 is 11.4 Å². The van der Waals surface area contributed by atoms with Gasteiger partial charge in [-0.25, -0.2) is 4.98 Å². The van der Waals surface area contributed by atoms with Crippen LogP contribution in [-0.4, -0.2) is 20.6 Å². The standard InChI is InChI=1S/C14H15BrN2O2/c1-14(2,13(18)19)8-10-3-4-12(11(15)7-10)17-6-5-16-9-17/h3-7,9H,8H2,1-2H3,(H,18,19). The molecule has 100 valence electrons. The molecule has 2 rings (SSSR count). The van der Waals surface area contributed by atoms with Gasteiger partial charge in [0, 0.05) is 16.9 Å². The van der Waals surface area contributed by atoms with Crippen molar-refractivity contribution in [1.29, 1.82) is 0 Å². The van der Waals surface area contributed by atoms with Crippen LogP contribution in [0.1, 0.15) is 19.4 Å². The number of nitrogens with zero attached hydrogens (tertiary/aromatic N) is 2. The van der Waals surface area contributed by atoms with Gasteiger partial charge in [0.1, 0.15) is 0 Å². The van der Waals surface area contributed by atoms with Gasteiger partial charge in [-0.1, -0.05) is 6.07 Å². The van der Waals surface area contributed by atoms with Gasteiger partial charge in [-0.05, 0) is 53.9 Å². The largest absolute Gasteiger partial charge is 0.481 e. The van der Waals surface area contributed by atoms with Crippen molar-refractivity contribution in [2.45, 2.75) is 20.3 Å². The van der Waals surface area contributed by atoms with Gasteiger partial charge in [0.05, 0.1) is 17.4 Å². The molecule has 5 heteroatoms. The Kier molecular flexibility index (Phi) is 3.75. The molecule has 1 aromatic carbocycles. The lowest BCUT2D eigenvalue weighted by atomic mass is 9.86. The summed E-state index contributed by atoms with van der Waals surface area (Å²) >= 11 is 3.52. The molecule has 0 fully saturated rings. The summed E-state index contributed by atoms with van der Waals surface area (Å²) in [6, 6.07) is 5.86. The Balaban J connectivity index is 2.27. The molecule has 0 radical (unpaired) electrons. The minimum absolute atomic E-state index is 0.491.